The van der Waals surface area contributed by atoms with Crippen LogP contribution in [0.2, 0.25) is 5.15 Å². The van der Waals surface area contributed by atoms with E-state index in [1.807, 2.05) is 31.7 Å². The first-order valence-corrected chi connectivity index (χ1v) is 5.52. The third-order valence-corrected chi connectivity index (χ3v) is 2.85. The van der Waals surface area contributed by atoms with Gasteiger partial charge in [-0.3, -0.25) is 0 Å². The van der Waals surface area contributed by atoms with Gasteiger partial charge in [-0.1, -0.05) is 18.5 Å². The van der Waals surface area contributed by atoms with E-state index < -0.39 is 0 Å². The van der Waals surface area contributed by atoms with Gasteiger partial charge in [0.15, 0.2) is 11.6 Å². The zero-order valence-corrected chi connectivity index (χ0v) is 10.3. The van der Waals surface area contributed by atoms with Crippen molar-refractivity contribution in [2.75, 3.05) is 0 Å². The van der Waals surface area contributed by atoms with Gasteiger partial charge in [0.1, 0.15) is 5.15 Å². The molecule has 2 aromatic rings. The Labute approximate surface area is 99.3 Å². The number of hydrogen-bond donors (Lipinski definition) is 0. The minimum atomic E-state index is 0.521. The lowest BCUT2D eigenvalue weighted by Gasteiger charge is -2.07. The van der Waals surface area contributed by atoms with Gasteiger partial charge >= 0.3 is 0 Å². The summed E-state index contributed by atoms with van der Waals surface area (Å²) in [6.07, 6.45) is 4.41. The minimum Gasteiger partial charge on any atom is -0.331 e. The minimum absolute atomic E-state index is 0.521. The summed E-state index contributed by atoms with van der Waals surface area (Å²) >= 11 is 6.12. The summed E-state index contributed by atoms with van der Waals surface area (Å²) < 4.78 is 1.87. The second kappa shape index (κ2) is 4.22. The van der Waals surface area contributed by atoms with Crippen LogP contribution in [-0.4, -0.2) is 19.5 Å². The van der Waals surface area contributed by atoms with E-state index >= 15 is 0 Å². The van der Waals surface area contributed by atoms with Gasteiger partial charge in [-0.15, -0.1) is 0 Å². The summed E-state index contributed by atoms with van der Waals surface area (Å²) in [7, 11) is 1.91. The first-order chi connectivity index (χ1) is 7.63. The van der Waals surface area contributed by atoms with E-state index in [-0.39, 0.29) is 0 Å². The maximum absolute atomic E-state index is 6.12. The molecule has 2 heterocycles. The summed E-state index contributed by atoms with van der Waals surface area (Å²) in [5.74, 6) is 1.31. The van der Waals surface area contributed by atoms with E-state index in [1.165, 1.54) is 0 Å². The van der Waals surface area contributed by atoms with Gasteiger partial charge in [-0.05, 0) is 13.3 Å². The van der Waals surface area contributed by atoms with Gasteiger partial charge in [-0.2, -0.15) is 0 Å². The monoisotopic (exact) mass is 236 g/mol. The summed E-state index contributed by atoms with van der Waals surface area (Å²) in [6, 6.07) is 0. The van der Waals surface area contributed by atoms with Crippen LogP contribution >= 0.6 is 11.6 Å². The van der Waals surface area contributed by atoms with Crippen LogP contribution in [0.25, 0.3) is 11.6 Å². The molecule has 0 fully saturated rings. The molecule has 2 rings (SSSR count). The lowest BCUT2D eigenvalue weighted by molar-refractivity contribution is 0.895. The fourth-order valence-corrected chi connectivity index (χ4v) is 1.99. The normalized spacial score (nSPS) is 10.8. The highest BCUT2D eigenvalue weighted by atomic mass is 35.5. The molecule has 0 spiro atoms. The van der Waals surface area contributed by atoms with E-state index in [1.54, 1.807) is 6.20 Å². The highest BCUT2D eigenvalue weighted by Gasteiger charge is 2.12. The molecule has 0 aromatic carbocycles. The Balaban J connectivity index is 2.57. The van der Waals surface area contributed by atoms with E-state index in [0.717, 1.165) is 23.5 Å². The quantitative estimate of drug-likeness (QED) is 0.752. The Morgan fingerprint density at radius 2 is 2.12 bits per heavy atom. The molecule has 0 aliphatic heterocycles. The van der Waals surface area contributed by atoms with E-state index in [2.05, 4.69) is 15.0 Å². The van der Waals surface area contributed by atoms with Crippen LogP contribution in [0.15, 0.2) is 12.4 Å². The van der Waals surface area contributed by atoms with E-state index in [4.69, 9.17) is 11.6 Å². The molecule has 0 aliphatic carbocycles. The van der Waals surface area contributed by atoms with E-state index in [0.29, 0.717) is 11.0 Å². The van der Waals surface area contributed by atoms with Crippen LogP contribution in [-0.2, 0) is 13.5 Å². The van der Waals surface area contributed by atoms with Gasteiger partial charge in [0.05, 0.1) is 0 Å². The number of halogens is 1. The second-order valence-electron chi connectivity index (χ2n) is 3.62. The standard InChI is InChI=1S/C11H13ClN4/c1-4-8-7(2)14-10(15-9(8)12)11-13-5-6-16(11)3/h5-6H,4H2,1-3H3. The van der Waals surface area contributed by atoms with Gasteiger partial charge in [0.25, 0.3) is 0 Å². The number of hydrogen-bond acceptors (Lipinski definition) is 3. The Hall–Kier alpha value is -1.42. The Bertz CT molecular complexity index is 495. The Morgan fingerprint density at radius 1 is 1.38 bits per heavy atom. The van der Waals surface area contributed by atoms with Crippen molar-refractivity contribution in [3.05, 3.63) is 28.8 Å². The first-order valence-electron chi connectivity index (χ1n) is 5.14. The molecular weight excluding hydrogens is 224 g/mol. The van der Waals surface area contributed by atoms with Crippen molar-refractivity contribution in [1.82, 2.24) is 19.5 Å². The van der Waals surface area contributed by atoms with Crippen LogP contribution in [0.1, 0.15) is 18.2 Å². The van der Waals surface area contributed by atoms with Crippen molar-refractivity contribution >= 4 is 11.6 Å². The van der Waals surface area contributed by atoms with Crippen molar-refractivity contribution in [3.8, 4) is 11.6 Å². The summed E-state index contributed by atoms with van der Waals surface area (Å²) in [5, 5.41) is 0.521. The van der Waals surface area contributed by atoms with Crippen molar-refractivity contribution in [3.63, 3.8) is 0 Å². The van der Waals surface area contributed by atoms with Crippen LogP contribution in [0, 0.1) is 6.92 Å². The molecular formula is C11H13ClN4. The summed E-state index contributed by atoms with van der Waals surface area (Å²) in [4.78, 5) is 12.9. The van der Waals surface area contributed by atoms with Crippen molar-refractivity contribution < 1.29 is 0 Å². The highest BCUT2D eigenvalue weighted by Crippen LogP contribution is 2.21. The molecule has 16 heavy (non-hydrogen) atoms. The molecule has 0 amide bonds. The molecule has 0 bridgehead atoms. The fourth-order valence-electron chi connectivity index (χ4n) is 1.64. The zero-order valence-electron chi connectivity index (χ0n) is 9.53. The predicted octanol–water partition coefficient (Wildman–Crippen LogP) is 2.40. The molecule has 84 valence electrons. The lowest BCUT2D eigenvalue weighted by Crippen LogP contribution is -2.02. The molecule has 2 aromatic heterocycles. The van der Waals surface area contributed by atoms with Gasteiger partial charge in [0.2, 0.25) is 0 Å². The lowest BCUT2D eigenvalue weighted by atomic mass is 10.2. The maximum atomic E-state index is 6.12. The number of aromatic nitrogens is 4. The summed E-state index contributed by atoms with van der Waals surface area (Å²) in [6.45, 7) is 3.98. The van der Waals surface area contributed by atoms with Gasteiger partial charge in [-0.25, -0.2) is 15.0 Å². The van der Waals surface area contributed by atoms with Crippen molar-refractivity contribution in [2.24, 2.45) is 7.05 Å². The van der Waals surface area contributed by atoms with Crippen LogP contribution < -0.4 is 0 Å². The third-order valence-electron chi connectivity index (χ3n) is 2.54. The molecule has 0 N–H and O–H groups in total. The topological polar surface area (TPSA) is 43.6 Å². The van der Waals surface area contributed by atoms with Crippen LogP contribution in [0.5, 0.6) is 0 Å². The molecule has 5 heteroatoms. The predicted molar refractivity (Wildman–Crippen MR) is 63.4 cm³/mol. The largest absolute Gasteiger partial charge is 0.331 e. The number of nitrogens with zero attached hydrogens (tertiary/aromatic N) is 4. The molecule has 0 radical (unpaired) electrons. The number of rotatable bonds is 2. The Kier molecular flexibility index (Phi) is 2.92. The highest BCUT2D eigenvalue weighted by molar-refractivity contribution is 6.30. The van der Waals surface area contributed by atoms with Gasteiger partial charge < -0.3 is 4.57 Å². The van der Waals surface area contributed by atoms with Crippen molar-refractivity contribution in [2.45, 2.75) is 20.3 Å². The third kappa shape index (κ3) is 1.80. The van der Waals surface area contributed by atoms with Gasteiger partial charge in [0, 0.05) is 30.7 Å². The number of imidazole rings is 1. The molecule has 0 saturated heterocycles. The van der Waals surface area contributed by atoms with E-state index in [9.17, 15) is 0 Å². The second-order valence-corrected chi connectivity index (χ2v) is 3.98. The molecule has 4 nitrogen and oxygen atoms in total. The molecule has 0 saturated carbocycles. The smallest absolute Gasteiger partial charge is 0.197 e. The van der Waals surface area contributed by atoms with Crippen LogP contribution in [0.4, 0.5) is 0 Å². The average molecular weight is 237 g/mol. The average Bonchev–Trinajstić information content (AvgIpc) is 2.64. The zero-order chi connectivity index (χ0) is 11.7. The molecule has 0 aliphatic rings. The SMILES string of the molecule is CCc1c(C)nc(-c2nccn2C)nc1Cl. The molecule has 0 atom stereocenters. The Morgan fingerprint density at radius 3 is 2.62 bits per heavy atom. The number of aryl methyl sites for hydroxylation is 2. The molecule has 0 unspecified atom stereocenters. The van der Waals surface area contributed by atoms with Crippen molar-refractivity contribution in [1.29, 1.82) is 0 Å². The summed E-state index contributed by atoms with van der Waals surface area (Å²) in [5.41, 5.74) is 1.92. The maximum Gasteiger partial charge on any atom is 0.197 e. The fraction of sp³-hybridized carbons (Fsp3) is 0.364. The van der Waals surface area contributed by atoms with Crippen LogP contribution in [0.3, 0.4) is 0 Å². The first kappa shape index (κ1) is 11.1.